The molecular weight excluding hydrogens is 285 g/mol. The number of para-hydroxylation sites is 1. The third-order valence-corrected chi connectivity index (χ3v) is 4.26. The second-order valence-corrected chi connectivity index (χ2v) is 5.98. The van der Waals surface area contributed by atoms with Crippen molar-refractivity contribution in [2.75, 3.05) is 5.73 Å². The minimum atomic E-state index is -0.345. The van der Waals surface area contributed by atoms with Crippen LogP contribution in [-0.2, 0) is 13.0 Å². The summed E-state index contributed by atoms with van der Waals surface area (Å²) in [6.07, 6.45) is 0.795. The second kappa shape index (κ2) is 4.83. The zero-order valence-electron chi connectivity index (χ0n) is 9.94. The molecule has 0 saturated carbocycles. The fourth-order valence-corrected chi connectivity index (χ4v) is 3.15. The number of benzene rings is 1. The topological polar surface area (TPSA) is 43.8 Å². The zero-order chi connectivity index (χ0) is 13.4. The van der Waals surface area contributed by atoms with Crippen molar-refractivity contribution in [1.29, 1.82) is 0 Å². The van der Waals surface area contributed by atoms with Crippen LogP contribution in [0.2, 0.25) is 4.34 Å². The molecule has 1 aromatic carbocycles. The van der Waals surface area contributed by atoms with Crippen LogP contribution in [0.1, 0.15) is 4.88 Å². The van der Waals surface area contributed by atoms with Crippen LogP contribution >= 0.6 is 22.9 Å². The van der Waals surface area contributed by atoms with Crippen molar-refractivity contribution in [2.45, 2.75) is 13.0 Å². The maximum atomic E-state index is 13.6. The van der Waals surface area contributed by atoms with Gasteiger partial charge in [-0.15, -0.1) is 11.3 Å². The lowest BCUT2D eigenvalue weighted by molar-refractivity contribution is 0.637. The Morgan fingerprint density at radius 3 is 2.89 bits per heavy atom. The summed E-state index contributed by atoms with van der Waals surface area (Å²) in [4.78, 5) is 5.24. The van der Waals surface area contributed by atoms with E-state index >= 15 is 0 Å². The molecule has 3 rings (SSSR count). The van der Waals surface area contributed by atoms with E-state index in [2.05, 4.69) is 4.98 Å². The molecule has 0 aliphatic rings. The van der Waals surface area contributed by atoms with Gasteiger partial charge in [0, 0.05) is 11.4 Å². The quantitative estimate of drug-likeness (QED) is 0.800. The summed E-state index contributed by atoms with van der Waals surface area (Å²) in [5, 5.41) is 0. The van der Waals surface area contributed by atoms with Gasteiger partial charge >= 0.3 is 0 Å². The molecule has 0 amide bonds. The number of nitrogens with zero attached hydrogens (tertiary/aromatic N) is 2. The molecule has 19 heavy (non-hydrogen) atoms. The lowest BCUT2D eigenvalue weighted by Gasteiger charge is -2.05. The first-order chi connectivity index (χ1) is 9.15. The van der Waals surface area contributed by atoms with Gasteiger partial charge in [-0.05, 0) is 30.7 Å². The molecule has 2 aromatic heterocycles. The van der Waals surface area contributed by atoms with Gasteiger partial charge in [0.25, 0.3) is 0 Å². The molecule has 0 spiro atoms. The van der Waals surface area contributed by atoms with E-state index in [9.17, 15) is 4.39 Å². The smallest absolute Gasteiger partial charge is 0.201 e. The summed E-state index contributed by atoms with van der Waals surface area (Å²) in [7, 11) is 0. The van der Waals surface area contributed by atoms with Crippen molar-refractivity contribution in [3.63, 3.8) is 0 Å². The Morgan fingerprint density at radius 2 is 2.16 bits per heavy atom. The predicted octanol–water partition coefficient (Wildman–Crippen LogP) is 3.72. The number of fused-ring (bicyclic) bond motifs is 1. The normalized spacial score (nSPS) is 11.3. The number of halogens is 2. The minimum absolute atomic E-state index is 0.323. The van der Waals surface area contributed by atoms with Crippen molar-refractivity contribution < 1.29 is 4.39 Å². The van der Waals surface area contributed by atoms with Gasteiger partial charge in [0.2, 0.25) is 5.95 Å². The average Bonchev–Trinajstić information content (AvgIpc) is 2.92. The molecule has 6 heteroatoms. The van der Waals surface area contributed by atoms with Crippen LogP contribution in [0.3, 0.4) is 0 Å². The van der Waals surface area contributed by atoms with E-state index in [4.69, 9.17) is 17.3 Å². The van der Waals surface area contributed by atoms with E-state index in [0.29, 0.717) is 18.0 Å². The number of anilines is 1. The Kier molecular flexibility index (Phi) is 3.16. The fraction of sp³-hybridized carbons (Fsp3) is 0.154. The Morgan fingerprint density at radius 1 is 1.32 bits per heavy atom. The van der Waals surface area contributed by atoms with Crippen molar-refractivity contribution in [3.05, 3.63) is 45.4 Å². The Bertz CT molecular complexity index is 735. The fourth-order valence-electron chi connectivity index (χ4n) is 2.07. The summed E-state index contributed by atoms with van der Waals surface area (Å²) in [5.41, 5.74) is 6.90. The average molecular weight is 296 g/mol. The first kappa shape index (κ1) is 12.4. The number of nitrogen functional groups attached to an aromatic ring is 1. The molecule has 0 bridgehead atoms. The van der Waals surface area contributed by atoms with Gasteiger partial charge in [-0.1, -0.05) is 17.7 Å². The Labute approximate surface area is 118 Å². The zero-order valence-corrected chi connectivity index (χ0v) is 11.5. The number of aromatic nitrogens is 2. The minimum Gasteiger partial charge on any atom is -0.369 e. The Hall–Kier alpha value is -1.59. The summed E-state index contributed by atoms with van der Waals surface area (Å²) in [5.74, 6) is -0.00938. The van der Waals surface area contributed by atoms with Crippen LogP contribution in [0.15, 0.2) is 30.3 Å². The molecule has 98 valence electrons. The lowest BCUT2D eigenvalue weighted by atomic mass is 10.3. The third kappa shape index (κ3) is 2.31. The predicted molar refractivity (Wildman–Crippen MR) is 77.1 cm³/mol. The third-order valence-electron chi connectivity index (χ3n) is 2.97. The second-order valence-electron chi connectivity index (χ2n) is 4.19. The standard InChI is InChI=1S/C13H11ClFN3S/c14-11-5-4-8(19-11)6-7-18-10-3-1-2-9(15)12(10)17-13(18)16/h1-5H,6-7H2,(H2,16,17). The van der Waals surface area contributed by atoms with E-state index in [1.165, 1.54) is 10.9 Å². The maximum absolute atomic E-state index is 13.6. The van der Waals surface area contributed by atoms with Crippen LogP contribution in [0.4, 0.5) is 10.3 Å². The largest absolute Gasteiger partial charge is 0.369 e. The molecule has 2 heterocycles. The highest BCUT2D eigenvalue weighted by molar-refractivity contribution is 7.16. The van der Waals surface area contributed by atoms with Gasteiger partial charge in [-0.25, -0.2) is 9.37 Å². The summed E-state index contributed by atoms with van der Waals surface area (Å²) in [6.45, 7) is 0.655. The van der Waals surface area contributed by atoms with Gasteiger partial charge in [0.05, 0.1) is 9.85 Å². The van der Waals surface area contributed by atoms with Crippen LogP contribution in [0.5, 0.6) is 0 Å². The first-order valence-electron chi connectivity index (χ1n) is 5.79. The number of aryl methyl sites for hydroxylation is 2. The highest BCUT2D eigenvalue weighted by Gasteiger charge is 2.11. The van der Waals surface area contributed by atoms with E-state index in [1.54, 1.807) is 17.4 Å². The maximum Gasteiger partial charge on any atom is 0.201 e. The molecular formula is C13H11ClFN3S. The number of hydrogen-bond acceptors (Lipinski definition) is 3. The van der Waals surface area contributed by atoms with Gasteiger partial charge in [-0.3, -0.25) is 0 Å². The lowest BCUT2D eigenvalue weighted by Crippen LogP contribution is -2.05. The molecule has 0 aliphatic heterocycles. The van der Waals surface area contributed by atoms with Crippen LogP contribution in [0.25, 0.3) is 11.0 Å². The van der Waals surface area contributed by atoms with Crippen LogP contribution in [-0.4, -0.2) is 9.55 Å². The molecule has 2 N–H and O–H groups in total. The van der Waals surface area contributed by atoms with Gasteiger partial charge in [0.1, 0.15) is 5.52 Å². The first-order valence-corrected chi connectivity index (χ1v) is 6.99. The van der Waals surface area contributed by atoms with Gasteiger partial charge in [-0.2, -0.15) is 0 Å². The number of thiophene rings is 1. The van der Waals surface area contributed by atoms with E-state index in [1.807, 2.05) is 22.8 Å². The molecule has 3 aromatic rings. The molecule has 0 atom stereocenters. The summed E-state index contributed by atoms with van der Waals surface area (Å²) < 4.78 is 16.2. The number of nitrogens with two attached hydrogens (primary N) is 1. The number of rotatable bonds is 3. The molecule has 0 fully saturated rings. The van der Waals surface area contributed by atoms with E-state index in [-0.39, 0.29) is 5.82 Å². The van der Waals surface area contributed by atoms with Gasteiger partial charge < -0.3 is 10.3 Å². The van der Waals surface area contributed by atoms with Gasteiger partial charge in [0.15, 0.2) is 5.82 Å². The Balaban J connectivity index is 1.92. The van der Waals surface area contributed by atoms with Crippen molar-refractivity contribution >= 4 is 39.9 Å². The highest BCUT2D eigenvalue weighted by atomic mass is 35.5. The van der Waals surface area contributed by atoms with Crippen LogP contribution < -0.4 is 5.73 Å². The summed E-state index contributed by atoms with van der Waals surface area (Å²) in [6, 6.07) is 8.73. The van der Waals surface area contributed by atoms with Crippen molar-refractivity contribution in [3.8, 4) is 0 Å². The molecule has 0 aliphatic carbocycles. The monoisotopic (exact) mass is 295 g/mol. The summed E-state index contributed by atoms with van der Waals surface area (Å²) >= 11 is 7.43. The number of hydrogen-bond donors (Lipinski definition) is 1. The van der Waals surface area contributed by atoms with Crippen molar-refractivity contribution in [1.82, 2.24) is 9.55 Å². The molecule has 0 unspecified atom stereocenters. The van der Waals surface area contributed by atoms with E-state index in [0.717, 1.165) is 16.3 Å². The molecule has 0 radical (unpaired) electrons. The van der Waals surface area contributed by atoms with Crippen molar-refractivity contribution in [2.24, 2.45) is 0 Å². The SMILES string of the molecule is Nc1nc2c(F)cccc2n1CCc1ccc(Cl)s1. The molecule has 0 saturated heterocycles. The van der Waals surface area contributed by atoms with Crippen LogP contribution in [0, 0.1) is 5.82 Å². The molecule has 3 nitrogen and oxygen atoms in total. The highest BCUT2D eigenvalue weighted by Crippen LogP contribution is 2.24. The number of imidazole rings is 1. The van der Waals surface area contributed by atoms with E-state index < -0.39 is 0 Å².